The number of aryl methyl sites for hydroxylation is 1. The highest BCUT2D eigenvalue weighted by Crippen LogP contribution is 2.38. The SMILES string of the molecule is Cc1ccsc1C1CCCCCN1S(=O)(=O)c1ccc(C(C)C)cc1. The van der Waals surface area contributed by atoms with Gasteiger partial charge in [0.1, 0.15) is 0 Å². The van der Waals surface area contributed by atoms with Crippen LogP contribution >= 0.6 is 11.3 Å². The van der Waals surface area contributed by atoms with Gasteiger partial charge in [0, 0.05) is 11.4 Å². The van der Waals surface area contributed by atoms with E-state index in [1.165, 1.54) is 16.0 Å². The van der Waals surface area contributed by atoms with E-state index in [2.05, 4.69) is 32.2 Å². The number of hydrogen-bond donors (Lipinski definition) is 0. The minimum absolute atomic E-state index is 0.0303. The molecule has 0 saturated carbocycles. The first-order valence-corrected chi connectivity index (χ1v) is 11.4. The van der Waals surface area contributed by atoms with Crippen LogP contribution in [-0.4, -0.2) is 19.3 Å². The number of nitrogens with zero attached hydrogens (tertiary/aromatic N) is 1. The average Bonchev–Trinajstić information content (AvgIpc) is 2.86. The van der Waals surface area contributed by atoms with E-state index < -0.39 is 10.0 Å². The molecule has 1 saturated heterocycles. The van der Waals surface area contributed by atoms with Crippen LogP contribution in [-0.2, 0) is 10.0 Å². The molecule has 25 heavy (non-hydrogen) atoms. The standard InChI is InChI=1S/C20H27NO2S2/c1-15(2)17-8-10-18(11-9-17)25(22,23)21-13-6-4-5-7-19(21)20-16(3)12-14-24-20/h8-12,14-15,19H,4-7,13H2,1-3H3. The number of thiophene rings is 1. The van der Waals surface area contributed by atoms with E-state index in [9.17, 15) is 8.42 Å². The zero-order valence-corrected chi connectivity index (χ0v) is 16.9. The second kappa shape index (κ2) is 7.60. The number of rotatable bonds is 4. The summed E-state index contributed by atoms with van der Waals surface area (Å²) in [5.41, 5.74) is 2.37. The molecule has 3 rings (SSSR count). The van der Waals surface area contributed by atoms with E-state index in [1.54, 1.807) is 27.8 Å². The van der Waals surface area contributed by atoms with Gasteiger partial charge in [-0.15, -0.1) is 11.3 Å². The van der Waals surface area contributed by atoms with Gasteiger partial charge < -0.3 is 0 Å². The van der Waals surface area contributed by atoms with Gasteiger partial charge in [0.25, 0.3) is 0 Å². The molecule has 0 bridgehead atoms. The maximum absolute atomic E-state index is 13.4. The minimum Gasteiger partial charge on any atom is -0.207 e. The Hall–Kier alpha value is -1.17. The van der Waals surface area contributed by atoms with Gasteiger partial charge in [-0.25, -0.2) is 8.42 Å². The Balaban J connectivity index is 1.98. The Morgan fingerprint density at radius 1 is 1.08 bits per heavy atom. The molecule has 1 aliphatic rings. The zero-order chi connectivity index (χ0) is 18.0. The average molecular weight is 378 g/mol. The Labute approximate surface area is 155 Å². The third-order valence-electron chi connectivity index (χ3n) is 5.06. The Kier molecular flexibility index (Phi) is 5.66. The van der Waals surface area contributed by atoms with Crippen LogP contribution in [0.4, 0.5) is 0 Å². The third-order valence-corrected chi connectivity index (χ3v) is 8.10. The van der Waals surface area contributed by atoms with Crippen LogP contribution in [0.3, 0.4) is 0 Å². The fraction of sp³-hybridized carbons (Fsp3) is 0.500. The van der Waals surface area contributed by atoms with Gasteiger partial charge >= 0.3 is 0 Å². The quantitative estimate of drug-likeness (QED) is 0.707. The summed E-state index contributed by atoms with van der Waals surface area (Å²) in [5, 5.41) is 2.07. The molecule has 0 aliphatic carbocycles. The molecule has 1 atom stereocenters. The van der Waals surface area contributed by atoms with Crippen molar-refractivity contribution >= 4 is 21.4 Å². The highest BCUT2D eigenvalue weighted by Gasteiger charge is 2.34. The van der Waals surface area contributed by atoms with Crippen molar-refractivity contribution in [2.24, 2.45) is 0 Å². The number of sulfonamides is 1. The smallest absolute Gasteiger partial charge is 0.207 e. The summed E-state index contributed by atoms with van der Waals surface area (Å²) in [4.78, 5) is 1.61. The first kappa shape index (κ1) is 18.6. The van der Waals surface area contributed by atoms with Gasteiger partial charge in [-0.1, -0.05) is 38.8 Å². The van der Waals surface area contributed by atoms with Crippen LogP contribution < -0.4 is 0 Å². The molecule has 0 spiro atoms. The summed E-state index contributed by atoms with van der Waals surface area (Å²) in [6, 6.07) is 9.49. The second-order valence-corrected chi connectivity index (χ2v) is 10.0. The summed E-state index contributed by atoms with van der Waals surface area (Å²) < 4.78 is 28.5. The van der Waals surface area contributed by atoms with Crippen LogP contribution in [0.25, 0.3) is 0 Å². The molecule has 1 fully saturated rings. The fourth-order valence-electron chi connectivity index (χ4n) is 3.52. The van der Waals surface area contributed by atoms with E-state index in [0.717, 1.165) is 25.7 Å². The van der Waals surface area contributed by atoms with Crippen molar-refractivity contribution in [1.82, 2.24) is 4.31 Å². The van der Waals surface area contributed by atoms with Crippen LogP contribution in [0.2, 0.25) is 0 Å². The predicted molar refractivity (Wildman–Crippen MR) is 105 cm³/mol. The van der Waals surface area contributed by atoms with Crippen molar-refractivity contribution in [1.29, 1.82) is 0 Å². The molecular weight excluding hydrogens is 350 g/mol. The van der Waals surface area contributed by atoms with E-state index in [1.807, 2.05) is 12.1 Å². The van der Waals surface area contributed by atoms with Crippen molar-refractivity contribution in [3.8, 4) is 0 Å². The Morgan fingerprint density at radius 3 is 2.40 bits per heavy atom. The normalized spacial score (nSPS) is 19.9. The molecule has 0 amide bonds. The Morgan fingerprint density at radius 2 is 1.80 bits per heavy atom. The van der Waals surface area contributed by atoms with Crippen LogP contribution in [0, 0.1) is 6.92 Å². The fourth-order valence-corrected chi connectivity index (χ4v) is 6.33. The highest BCUT2D eigenvalue weighted by molar-refractivity contribution is 7.89. The summed E-state index contributed by atoms with van der Waals surface area (Å²) in [5.74, 6) is 0.399. The zero-order valence-electron chi connectivity index (χ0n) is 15.2. The molecule has 0 N–H and O–H groups in total. The van der Waals surface area contributed by atoms with Crippen molar-refractivity contribution < 1.29 is 8.42 Å². The lowest BCUT2D eigenvalue weighted by molar-refractivity contribution is 0.332. The van der Waals surface area contributed by atoms with Crippen LogP contribution in [0.5, 0.6) is 0 Å². The highest BCUT2D eigenvalue weighted by atomic mass is 32.2. The van der Waals surface area contributed by atoms with Crippen LogP contribution in [0.1, 0.15) is 67.5 Å². The molecule has 2 aromatic rings. The summed E-state index contributed by atoms with van der Waals surface area (Å²) >= 11 is 1.68. The van der Waals surface area contributed by atoms with Gasteiger partial charge in [-0.2, -0.15) is 4.31 Å². The van der Waals surface area contributed by atoms with Gasteiger partial charge in [0.2, 0.25) is 10.0 Å². The van der Waals surface area contributed by atoms with Crippen molar-refractivity contribution in [2.45, 2.75) is 63.3 Å². The van der Waals surface area contributed by atoms with E-state index in [4.69, 9.17) is 0 Å². The molecule has 1 aliphatic heterocycles. The molecule has 3 nitrogen and oxygen atoms in total. The minimum atomic E-state index is -3.48. The molecule has 2 heterocycles. The van der Waals surface area contributed by atoms with Gasteiger partial charge in [-0.05, 0) is 60.4 Å². The first-order valence-electron chi connectivity index (χ1n) is 9.07. The van der Waals surface area contributed by atoms with Crippen LogP contribution in [0.15, 0.2) is 40.6 Å². The summed E-state index contributed by atoms with van der Waals surface area (Å²) in [6.45, 7) is 6.93. The largest absolute Gasteiger partial charge is 0.243 e. The number of hydrogen-bond acceptors (Lipinski definition) is 3. The maximum atomic E-state index is 13.4. The predicted octanol–water partition coefficient (Wildman–Crippen LogP) is 5.49. The van der Waals surface area contributed by atoms with E-state index in [-0.39, 0.29) is 6.04 Å². The van der Waals surface area contributed by atoms with Gasteiger partial charge in [0.05, 0.1) is 10.9 Å². The topological polar surface area (TPSA) is 37.4 Å². The lowest BCUT2D eigenvalue weighted by Gasteiger charge is -2.29. The molecule has 1 aromatic heterocycles. The van der Waals surface area contributed by atoms with E-state index >= 15 is 0 Å². The van der Waals surface area contributed by atoms with Gasteiger partial charge in [0.15, 0.2) is 0 Å². The molecule has 5 heteroatoms. The van der Waals surface area contributed by atoms with E-state index in [0.29, 0.717) is 17.4 Å². The maximum Gasteiger partial charge on any atom is 0.243 e. The summed E-state index contributed by atoms with van der Waals surface area (Å²) in [6.07, 6.45) is 4.02. The third kappa shape index (κ3) is 3.83. The molecule has 1 aromatic carbocycles. The first-order chi connectivity index (χ1) is 11.9. The van der Waals surface area contributed by atoms with Crippen molar-refractivity contribution in [3.05, 3.63) is 51.7 Å². The molecule has 136 valence electrons. The molecular formula is C20H27NO2S2. The number of benzene rings is 1. The second-order valence-electron chi connectivity index (χ2n) is 7.17. The van der Waals surface area contributed by atoms with Crippen molar-refractivity contribution in [2.75, 3.05) is 6.54 Å². The monoisotopic (exact) mass is 377 g/mol. The molecule has 0 radical (unpaired) electrons. The van der Waals surface area contributed by atoms with Gasteiger partial charge in [-0.3, -0.25) is 0 Å². The molecule has 1 unspecified atom stereocenters. The lowest BCUT2D eigenvalue weighted by Crippen LogP contribution is -2.34. The van der Waals surface area contributed by atoms with Crippen molar-refractivity contribution in [3.63, 3.8) is 0 Å². The lowest BCUT2D eigenvalue weighted by atomic mass is 10.0. The Bertz CT molecular complexity index is 806. The summed E-state index contributed by atoms with van der Waals surface area (Å²) in [7, 11) is -3.48.